The van der Waals surface area contributed by atoms with Gasteiger partial charge in [0.05, 0.1) is 18.7 Å². The van der Waals surface area contributed by atoms with E-state index in [1.807, 2.05) is 0 Å². The lowest BCUT2D eigenvalue weighted by molar-refractivity contribution is -0.131. The Morgan fingerprint density at radius 3 is 2.50 bits per heavy atom. The van der Waals surface area contributed by atoms with E-state index in [-0.39, 0.29) is 16.0 Å². The van der Waals surface area contributed by atoms with Crippen LogP contribution in [0.25, 0.3) is 17.5 Å². The average Bonchev–Trinajstić information content (AvgIpc) is 3.26. The van der Waals surface area contributed by atoms with Crippen molar-refractivity contribution in [3.05, 3.63) is 64.0 Å². The molecule has 2 aromatic carbocycles. The zero-order chi connectivity index (χ0) is 23.1. The predicted octanol–water partition coefficient (Wildman–Crippen LogP) is 5.30. The van der Waals surface area contributed by atoms with Gasteiger partial charge in [0.15, 0.2) is 0 Å². The Hall–Kier alpha value is -3.24. The summed E-state index contributed by atoms with van der Waals surface area (Å²) in [7, 11) is 3.07. The first kappa shape index (κ1) is 23.4. The monoisotopic (exact) mass is 518 g/mol. The lowest BCUT2D eigenvalue weighted by Gasteiger charge is -2.07. The van der Waals surface area contributed by atoms with Gasteiger partial charge in [-0.2, -0.15) is 0 Å². The number of aliphatic carboxylic acids is 1. The van der Waals surface area contributed by atoms with Crippen molar-refractivity contribution in [1.82, 2.24) is 10.2 Å². The molecule has 3 aromatic rings. The molecule has 32 heavy (non-hydrogen) atoms. The molecule has 1 aromatic heterocycles. The van der Waals surface area contributed by atoms with Crippen molar-refractivity contribution >= 4 is 39.7 Å². The number of carbonyl (C=O) groups is 1. The van der Waals surface area contributed by atoms with Crippen LogP contribution in [0.5, 0.6) is 17.2 Å². The summed E-state index contributed by atoms with van der Waals surface area (Å²) in [5, 5.41) is 17.7. The molecule has 0 spiro atoms. The lowest BCUT2D eigenvalue weighted by Crippen LogP contribution is -1.97. The minimum absolute atomic E-state index is 0.00934. The highest BCUT2D eigenvalue weighted by Crippen LogP contribution is 2.34. The Labute approximate surface area is 197 Å². The number of benzene rings is 2. The third-order valence-corrected chi connectivity index (χ3v) is 5.49. The maximum Gasteiger partial charge on any atom is 0.342 e. The highest BCUT2D eigenvalue weighted by Gasteiger charge is 2.17. The van der Waals surface area contributed by atoms with E-state index < -0.39 is 5.97 Å². The number of ether oxygens (including phenoxy) is 3. The van der Waals surface area contributed by atoms with Crippen LogP contribution in [-0.2, 0) is 4.79 Å². The molecule has 1 N–H and O–H groups in total. The van der Waals surface area contributed by atoms with Crippen LogP contribution in [0.1, 0.15) is 5.56 Å². The second kappa shape index (κ2) is 10.9. The first-order valence-electron chi connectivity index (χ1n) is 9.16. The number of hydrogen-bond donors (Lipinski definition) is 1. The van der Waals surface area contributed by atoms with Crippen molar-refractivity contribution in [3.63, 3.8) is 0 Å². The summed E-state index contributed by atoms with van der Waals surface area (Å²) in [6.07, 6.45) is 3.15. The SMILES string of the molecule is C=CCOc1ccc(/C=C(\Sc2nnc(-c3cc(OC)cc(OC)c3)o2)C(=O)O)cc1Br. The zero-order valence-corrected chi connectivity index (χ0v) is 19.6. The van der Waals surface area contributed by atoms with Crippen LogP contribution in [-0.4, -0.2) is 42.1 Å². The number of carboxylic acid groups (broad SMARTS) is 1. The molecule has 166 valence electrons. The molecule has 0 aliphatic rings. The van der Waals surface area contributed by atoms with E-state index in [2.05, 4.69) is 32.7 Å². The smallest absolute Gasteiger partial charge is 0.342 e. The summed E-state index contributed by atoms with van der Waals surface area (Å²) in [6, 6.07) is 10.4. The number of methoxy groups -OCH3 is 2. The van der Waals surface area contributed by atoms with Crippen LogP contribution in [0, 0.1) is 0 Å². The van der Waals surface area contributed by atoms with Crippen LogP contribution in [0.15, 0.2) is 68.1 Å². The molecule has 8 nitrogen and oxygen atoms in total. The quantitative estimate of drug-likeness (QED) is 0.217. The normalized spacial score (nSPS) is 11.2. The molecule has 0 aliphatic carbocycles. The Morgan fingerprint density at radius 1 is 1.19 bits per heavy atom. The molecular weight excluding hydrogens is 500 g/mol. The molecule has 0 aliphatic heterocycles. The maximum atomic E-state index is 11.8. The fourth-order valence-electron chi connectivity index (χ4n) is 2.55. The Bertz CT molecular complexity index is 1140. The summed E-state index contributed by atoms with van der Waals surface area (Å²) in [5.41, 5.74) is 1.24. The fraction of sp³-hybridized carbons (Fsp3) is 0.136. The van der Waals surface area contributed by atoms with Gasteiger partial charge in [0, 0.05) is 11.6 Å². The van der Waals surface area contributed by atoms with Crippen molar-refractivity contribution in [2.24, 2.45) is 0 Å². The predicted molar refractivity (Wildman–Crippen MR) is 124 cm³/mol. The second-order valence-electron chi connectivity index (χ2n) is 6.18. The van der Waals surface area contributed by atoms with Gasteiger partial charge in [-0.05, 0) is 63.6 Å². The third kappa shape index (κ3) is 5.92. The van der Waals surface area contributed by atoms with E-state index in [1.165, 1.54) is 20.3 Å². The molecule has 0 bridgehead atoms. The first-order chi connectivity index (χ1) is 15.4. The van der Waals surface area contributed by atoms with Gasteiger partial charge in [-0.15, -0.1) is 10.2 Å². The van der Waals surface area contributed by atoms with Crippen LogP contribution >= 0.6 is 27.7 Å². The molecule has 10 heteroatoms. The molecular formula is C22H19BrN2O6S. The van der Waals surface area contributed by atoms with Gasteiger partial charge in [-0.25, -0.2) is 4.79 Å². The van der Waals surface area contributed by atoms with Crippen LogP contribution in [0.3, 0.4) is 0 Å². The van der Waals surface area contributed by atoms with Crippen LogP contribution in [0.4, 0.5) is 0 Å². The van der Waals surface area contributed by atoms with E-state index >= 15 is 0 Å². The van der Waals surface area contributed by atoms with E-state index in [0.29, 0.717) is 39.5 Å². The number of rotatable bonds is 10. The Morgan fingerprint density at radius 2 is 1.91 bits per heavy atom. The summed E-state index contributed by atoms with van der Waals surface area (Å²) in [5.74, 6) is 0.830. The number of aromatic nitrogens is 2. The van der Waals surface area contributed by atoms with Crippen molar-refractivity contribution in [3.8, 4) is 28.7 Å². The third-order valence-electron chi connectivity index (χ3n) is 4.02. The molecule has 0 saturated carbocycles. The number of nitrogens with zero attached hydrogens (tertiary/aromatic N) is 2. The van der Waals surface area contributed by atoms with E-state index in [1.54, 1.807) is 42.5 Å². The maximum absolute atomic E-state index is 11.8. The van der Waals surface area contributed by atoms with Gasteiger partial charge in [-0.3, -0.25) is 0 Å². The molecule has 0 radical (unpaired) electrons. The average molecular weight is 519 g/mol. The topological polar surface area (TPSA) is 104 Å². The van der Waals surface area contributed by atoms with Gasteiger partial charge >= 0.3 is 5.97 Å². The van der Waals surface area contributed by atoms with Crippen molar-refractivity contribution < 1.29 is 28.5 Å². The molecule has 0 unspecified atom stereocenters. The van der Waals surface area contributed by atoms with Gasteiger partial charge in [-0.1, -0.05) is 18.7 Å². The summed E-state index contributed by atoms with van der Waals surface area (Å²) in [4.78, 5) is 11.8. The van der Waals surface area contributed by atoms with E-state index in [9.17, 15) is 9.90 Å². The van der Waals surface area contributed by atoms with Gasteiger partial charge in [0.2, 0.25) is 5.89 Å². The highest BCUT2D eigenvalue weighted by atomic mass is 79.9. The minimum Gasteiger partial charge on any atom is -0.497 e. The molecule has 0 amide bonds. The van der Waals surface area contributed by atoms with Crippen LogP contribution in [0.2, 0.25) is 0 Å². The largest absolute Gasteiger partial charge is 0.497 e. The number of thioether (sulfide) groups is 1. The molecule has 3 rings (SSSR count). The van der Waals surface area contributed by atoms with Crippen molar-refractivity contribution in [1.29, 1.82) is 0 Å². The minimum atomic E-state index is -1.12. The van der Waals surface area contributed by atoms with Gasteiger partial charge in [0.1, 0.15) is 28.8 Å². The summed E-state index contributed by atoms with van der Waals surface area (Å²) < 4.78 is 22.4. The zero-order valence-electron chi connectivity index (χ0n) is 17.2. The van der Waals surface area contributed by atoms with E-state index in [4.69, 9.17) is 18.6 Å². The molecule has 0 saturated heterocycles. The van der Waals surface area contributed by atoms with Crippen LogP contribution < -0.4 is 14.2 Å². The number of carboxylic acids is 1. The fourth-order valence-corrected chi connectivity index (χ4v) is 3.74. The highest BCUT2D eigenvalue weighted by molar-refractivity contribution is 9.10. The number of halogens is 1. The number of hydrogen-bond acceptors (Lipinski definition) is 8. The standard InChI is InChI=1S/C22H19BrN2O6S/c1-4-7-30-18-6-5-13(8-17(18)23)9-19(21(26)27)32-22-25-24-20(31-22)14-10-15(28-2)12-16(11-14)29-3/h4-6,8-12H,1,7H2,2-3H3,(H,26,27)/b19-9-. The van der Waals surface area contributed by atoms with Crippen molar-refractivity contribution in [2.75, 3.05) is 20.8 Å². The van der Waals surface area contributed by atoms with Gasteiger partial charge < -0.3 is 23.7 Å². The Balaban J connectivity index is 1.84. The summed E-state index contributed by atoms with van der Waals surface area (Å²) >= 11 is 4.27. The first-order valence-corrected chi connectivity index (χ1v) is 10.8. The summed E-state index contributed by atoms with van der Waals surface area (Å²) in [6.45, 7) is 3.97. The Kier molecular flexibility index (Phi) is 7.96. The molecule has 0 fully saturated rings. The van der Waals surface area contributed by atoms with E-state index in [0.717, 1.165) is 11.8 Å². The second-order valence-corrected chi connectivity index (χ2v) is 8.03. The lowest BCUT2D eigenvalue weighted by atomic mass is 10.2. The molecule has 1 heterocycles. The van der Waals surface area contributed by atoms with Gasteiger partial charge in [0.25, 0.3) is 5.22 Å². The molecule has 0 atom stereocenters. The van der Waals surface area contributed by atoms with Crippen molar-refractivity contribution in [2.45, 2.75) is 5.22 Å².